The van der Waals surface area contributed by atoms with Crippen molar-refractivity contribution in [1.29, 1.82) is 0 Å². The Morgan fingerprint density at radius 1 is 0.793 bits per heavy atom. The minimum Gasteiger partial charge on any atom is -0.451 e. The van der Waals surface area contributed by atoms with Crippen LogP contribution in [0.2, 0.25) is 0 Å². The third-order valence-corrected chi connectivity index (χ3v) is 4.39. The molecule has 1 heterocycles. The molecule has 0 fully saturated rings. The largest absolute Gasteiger partial charge is 0.451 e. The lowest BCUT2D eigenvalue weighted by atomic mass is 10.1. The lowest BCUT2D eigenvalue weighted by molar-refractivity contribution is -0.384. The molecule has 0 saturated heterocycles. The van der Waals surface area contributed by atoms with E-state index in [0.29, 0.717) is 22.7 Å². The lowest BCUT2D eigenvalue weighted by Crippen LogP contribution is -2.25. The number of nitro benzene ring substituents is 1. The van der Waals surface area contributed by atoms with Crippen molar-refractivity contribution in [2.24, 2.45) is 0 Å². The highest BCUT2D eigenvalue weighted by molar-refractivity contribution is 6.09. The summed E-state index contributed by atoms with van der Waals surface area (Å²) in [6.45, 7) is 0. The van der Waals surface area contributed by atoms with E-state index >= 15 is 0 Å². The van der Waals surface area contributed by atoms with Gasteiger partial charge in [-0.05, 0) is 36.4 Å². The molecule has 0 N–H and O–H groups in total. The third kappa shape index (κ3) is 3.77. The summed E-state index contributed by atoms with van der Waals surface area (Å²) in [6.07, 6.45) is 0. The van der Waals surface area contributed by atoms with Gasteiger partial charge in [0.05, 0.1) is 4.92 Å². The average molecular weight is 384 g/mol. The van der Waals surface area contributed by atoms with Crippen LogP contribution in [0.1, 0.15) is 10.6 Å². The molecule has 0 bridgehead atoms. The first kappa shape index (κ1) is 18.2. The van der Waals surface area contributed by atoms with Gasteiger partial charge in [-0.3, -0.25) is 19.8 Å². The first-order valence-electron chi connectivity index (χ1n) is 8.93. The highest BCUT2D eigenvalue weighted by Crippen LogP contribution is 2.30. The van der Waals surface area contributed by atoms with E-state index < -0.39 is 4.92 Å². The van der Waals surface area contributed by atoms with Gasteiger partial charge in [-0.1, -0.05) is 48.5 Å². The number of carbonyl (C=O) groups excluding carboxylic acids is 1. The summed E-state index contributed by atoms with van der Waals surface area (Å²) in [4.78, 5) is 25.4. The van der Waals surface area contributed by atoms with Gasteiger partial charge in [-0.15, -0.1) is 0 Å². The SMILES string of the molecule is O=C(c1ccc(-c2cccc([N+](=O)[O-])c2)o1)N(c1ccccc1)c1ccccc1. The number of rotatable bonds is 5. The molecule has 0 saturated carbocycles. The molecular formula is C23H16N2O4. The lowest BCUT2D eigenvalue weighted by Gasteiger charge is -2.21. The van der Waals surface area contributed by atoms with Crippen LogP contribution < -0.4 is 4.90 Å². The van der Waals surface area contributed by atoms with Crippen LogP contribution in [0.3, 0.4) is 0 Å². The van der Waals surface area contributed by atoms with Gasteiger partial charge in [0.15, 0.2) is 5.76 Å². The second-order valence-electron chi connectivity index (χ2n) is 6.28. The standard InChI is InChI=1S/C23H16N2O4/c26-23(24(18-9-3-1-4-10-18)19-11-5-2-6-12-19)22-15-14-21(29-22)17-8-7-13-20(16-17)25(27)28/h1-16H. The molecule has 4 aromatic rings. The zero-order valence-corrected chi connectivity index (χ0v) is 15.3. The van der Waals surface area contributed by atoms with Gasteiger partial charge >= 0.3 is 0 Å². The van der Waals surface area contributed by atoms with Gasteiger partial charge in [-0.25, -0.2) is 0 Å². The van der Waals surface area contributed by atoms with Crippen LogP contribution in [0, 0.1) is 10.1 Å². The van der Waals surface area contributed by atoms with Crippen LogP contribution in [-0.2, 0) is 0 Å². The van der Waals surface area contributed by atoms with E-state index in [-0.39, 0.29) is 17.4 Å². The predicted octanol–water partition coefficient (Wildman–Crippen LogP) is 5.83. The summed E-state index contributed by atoms with van der Waals surface area (Å²) in [7, 11) is 0. The Morgan fingerprint density at radius 3 is 2.00 bits per heavy atom. The fourth-order valence-corrected chi connectivity index (χ4v) is 3.03. The number of nitrogens with zero attached hydrogens (tertiary/aromatic N) is 2. The number of nitro groups is 1. The molecule has 3 aromatic carbocycles. The summed E-state index contributed by atoms with van der Waals surface area (Å²) in [5.74, 6) is 0.191. The third-order valence-electron chi connectivity index (χ3n) is 4.39. The highest BCUT2D eigenvalue weighted by atomic mass is 16.6. The van der Waals surface area contributed by atoms with E-state index in [1.165, 1.54) is 12.1 Å². The molecule has 142 valence electrons. The summed E-state index contributed by atoms with van der Waals surface area (Å²) in [5.41, 5.74) is 1.90. The van der Waals surface area contributed by atoms with Crippen LogP contribution in [0.5, 0.6) is 0 Å². The second kappa shape index (κ2) is 7.82. The van der Waals surface area contributed by atoms with Crippen molar-refractivity contribution in [3.05, 3.63) is 113 Å². The van der Waals surface area contributed by atoms with Crippen molar-refractivity contribution in [3.8, 4) is 11.3 Å². The Kier molecular flexibility index (Phi) is 4.90. The van der Waals surface area contributed by atoms with E-state index in [9.17, 15) is 14.9 Å². The Labute approximate surface area is 166 Å². The number of para-hydroxylation sites is 2. The molecule has 4 rings (SSSR count). The molecular weight excluding hydrogens is 368 g/mol. The highest BCUT2D eigenvalue weighted by Gasteiger charge is 2.23. The van der Waals surface area contributed by atoms with Crippen molar-refractivity contribution in [3.63, 3.8) is 0 Å². The topological polar surface area (TPSA) is 76.6 Å². The summed E-state index contributed by atoms with van der Waals surface area (Å²) >= 11 is 0. The Morgan fingerprint density at radius 2 is 1.41 bits per heavy atom. The van der Waals surface area contributed by atoms with E-state index in [2.05, 4.69) is 0 Å². The monoisotopic (exact) mass is 384 g/mol. The second-order valence-corrected chi connectivity index (χ2v) is 6.28. The normalized spacial score (nSPS) is 10.5. The van der Waals surface area contributed by atoms with Crippen molar-refractivity contribution < 1.29 is 14.1 Å². The minimum atomic E-state index is -0.467. The number of anilines is 2. The van der Waals surface area contributed by atoms with E-state index in [0.717, 1.165) is 0 Å². The number of non-ortho nitro benzene ring substituents is 1. The van der Waals surface area contributed by atoms with E-state index in [4.69, 9.17) is 4.42 Å². The molecule has 0 aliphatic carbocycles. The molecule has 6 heteroatoms. The van der Waals surface area contributed by atoms with E-state index in [1.807, 2.05) is 60.7 Å². The molecule has 0 unspecified atom stereocenters. The molecule has 29 heavy (non-hydrogen) atoms. The quantitative estimate of drug-likeness (QED) is 0.320. The fraction of sp³-hybridized carbons (Fsp3) is 0. The van der Waals surface area contributed by atoms with E-state index in [1.54, 1.807) is 29.2 Å². The van der Waals surface area contributed by atoms with Crippen LogP contribution in [-0.4, -0.2) is 10.8 Å². The molecule has 0 aliphatic heterocycles. The number of amides is 1. The van der Waals surface area contributed by atoms with Gasteiger partial charge in [0.1, 0.15) is 5.76 Å². The van der Waals surface area contributed by atoms with Crippen molar-refractivity contribution in [2.45, 2.75) is 0 Å². The summed E-state index contributed by atoms with van der Waals surface area (Å²) in [6, 6.07) is 27.9. The summed E-state index contributed by atoms with van der Waals surface area (Å²) in [5, 5.41) is 11.0. The average Bonchev–Trinajstić information content (AvgIpc) is 3.26. The molecule has 0 spiro atoms. The zero-order chi connectivity index (χ0) is 20.2. The first-order valence-corrected chi connectivity index (χ1v) is 8.93. The molecule has 0 aliphatic rings. The van der Waals surface area contributed by atoms with Crippen molar-refractivity contribution in [1.82, 2.24) is 0 Å². The van der Waals surface area contributed by atoms with Gasteiger partial charge in [0.25, 0.3) is 11.6 Å². The Hall–Kier alpha value is -4.19. The van der Waals surface area contributed by atoms with Crippen molar-refractivity contribution >= 4 is 23.0 Å². The van der Waals surface area contributed by atoms with Crippen LogP contribution in [0.15, 0.2) is 101 Å². The van der Waals surface area contributed by atoms with Crippen LogP contribution >= 0.6 is 0 Å². The van der Waals surface area contributed by atoms with Gasteiger partial charge in [-0.2, -0.15) is 0 Å². The number of hydrogen-bond acceptors (Lipinski definition) is 4. The number of benzene rings is 3. The molecule has 1 amide bonds. The Balaban J connectivity index is 1.71. The van der Waals surface area contributed by atoms with Crippen molar-refractivity contribution in [2.75, 3.05) is 4.90 Å². The maximum absolute atomic E-state index is 13.3. The number of carbonyl (C=O) groups is 1. The zero-order valence-electron chi connectivity index (χ0n) is 15.3. The maximum Gasteiger partial charge on any atom is 0.298 e. The molecule has 0 atom stereocenters. The number of hydrogen-bond donors (Lipinski definition) is 0. The van der Waals surface area contributed by atoms with Crippen LogP contribution in [0.25, 0.3) is 11.3 Å². The predicted molar refractivity (Wildman–Crippen MR) is 110 cm³/mol. The van der Waals surface area contributed by atoms with Gasteiger partial charge < -0.3 is 4.42 Å². The summed E-state index contributed by atoms with van der Waals surface area (Å²) < 4.78 is 5.78. The van der Waals surface area contributed by atoms with Crippen LogP contribution in [0.4, 0.5) is 17.1 Å². The number of furan rings is 1. The smallest absolute Gasteiger partial charge is 0.298 e. The first-order chi connectivity index (χ1) is 14.1. The minimum absolute atomic E-state index is 0.0398. The molecule has 1 aromatic heterocycles. The Bertz CT molecular complexity index is 1110. The van der Waals surface area contributed by atoms with Gasteiger partial charge in [0, 0.05) is 29.1 Å². The molecule has 0 radical (unpaired) electrons. The fourth-order valence-electron chi connectivity index (χ4n) is 3.03. The molecule has 6 nitrogen and oxygen atoms in total. The maximum atomic E-state index is 13.3. The van der Waals surface area contributed by atoms with Gasteiger partial charge in [0.2, 0.25) is 0 Å².